The lowest BCUT2D eigenvalue weighted by molar-refractivity contribution is -0.384. The number of nitrogen functional groups attached to an aromatic ring is 1. The molecule has 0 spiro atoms. The summed E-state index contributed by atoms with van der Waals surface area (Å²) in [5.41, 5.74) is 7.35. The Morgan fingerprint density at radius 2 is 1.89 bits per heavy atom. The predicted octanol–water partition coefficient (Wildman–Crippen LogP) is 4.12. The summed E-state index contributed by atoms with van der Waals surface area (Å²) in [6, 6.07) is 12.1. The van der Waals surface area contributed by atoms with Gasteiger partial charge in [-0.3, -0.25) is 10.1 Å². The lowest BCUT2D eigenvalue weighted by Gasteiger charge is -2.05. The molecule has 0 bridgehead atoms. The van der Waals surface area contributed by atoms with E-state index in [4.69, 9.17) is 17.3 Å². The van der Waals surface area contributed by atoms with Crippen molar-refractivity contribution < 1.29 is 4.92 Å². The van der Waals surface area contributed by atoms with E-state index in [2.05, 4.69) is 0 Å². The Hall–Kier alpha value is -1.72. The molecule has 0 aliphatic carbocycles. The summed E-state index contributed by atoms with van der Waals surface area (Å²) in [5.74, 6) is 0.735. The van der Waals surface area contributed by atoms with Gasteiger partial charge < -0.3 is 5.73 Å². The third-order valence-electron chi connectivity index (χ3n) is 2.51. The lowest BCUT2D eigenvalue weighted by atomic mass is 10.2. The van der Waals surface area contributed by atoms with Crippen molar-refractivity contribution in [1.82, 2.24) is 0 Å². The van der Waals surface area contributed by atoms with Crippen LogP contribution in [0.4, 0.5) is 11.4 Å². The van der Waals surface area contributed by atoms with E-state index < -0.39 is 4.92 Å². The standard InChI is InChI=1S/C13H11ClN2O2S/c14-10-3-1-9(2-4-10)8-19-13-6-5-11(16(17)18)7-12(13)15/h1-7H,8,15H2. The van der Waals surface area contributed by atoms with E-state index in [1.165, 1.54) is 23.9 Å². The minimum Gasteiger partial charge on any atom is -0.398 e. The molecule has 2 N–H and O–H groups in total. The Morgan fingerprint density at radius 3 is 2.47 bits per heavy atom. The van der Waals surface area contributed by atoms with E-state index in [1.54, 1.807) is 6.07 Å². The molecule has 0 amide bonds. The molecule has 2 rings (SSSR count). The van der Waals surface area contributed by atoms with Crippen LogP contribution in [0.2, 0.25) is 5.02 Å². The third-order valence-corrected chi connectivity index (χ3v) is 3.92. The largest absolute Gasteiger partial charge is 0.398 e. The first-order valence-electron chi connectivity index (χ1n) is 5.47. The fraction of sp³-hybridized carbons (Fsp3) is 0.0769. The smallest absolute Gasteiger partial charge is 0.271 e. The van der Waals surface area contributed by atoms with Gasteiger partial charge in [0.05, 0.1) is 10.6 Å². The summed E-state index contributed by atoms with van der Waals surface area (Å²) < 4.78 is 0. The highest BCUT2D eigenvalue weighted by atomic mass is 35.5. The summed E-state index contributed by atoms with van der Waals surface area (Å²) in [5, 5.41) is 11.3. The molecule has 0 saturated carbocycles. The second-order valence-corrected chi connectivity index (χ2v) is 5.35. The summed E-state index contributed by atoms with van der Waals surface area (Å²) in [4.78, 5) is 11.0. The number of halogens is 1. The van der Waals surface area contributed by atoms with E-state index in [0.717, 1.165) is 16.2 Å². The van der Waals surface area contributed by atoms with E-state index in [1.807, 2.05) is 24.3 Å². The number of nitrogens with two attached hydrogens (primary N) is 1. The van der Waals surface area contributed by atoms with Crippen LogP contribution in [0, 0.1) is 10.1 Å². The van der Waals surface area contributed by atoms with E-state index in [9.17, 15) is 10.1 Å². The fourth-order valence-electron chi connectivity index (χ4n) is 1.52. The topological polar surface area (TPSA) is 69.2 Å². The van der Waals surface area contributed by atoms with E-state index in [-0.39, 0.29) is 5.69 Å². The zero-order valence-corrected chi connectivity index (χ0v) is 11.4. The third kappa shape index (κ3) is 3.62. The summed E-state index contributed by atoms with van der Waals surface area (Å²) in [7, 11) is 0. The molecule has 0 saturated heterocycles. The van der Waals surface area contributed by atoms with Crippen LogP contribution in [-0.4, -0.2) is 4.92 Å². The molecule has 0 aromatic heterocycles. The molecule has 6 heteroatoms. The van der Waals surface area contributed by atoms with Crippen molar-refractivity contribution in [2.24, 2.45) is 0 Å². The van der Waals surface area contributed by atoms with Gasteiger partial charge in [-0.15, -0.1) is 11.8 Å². The fourth-order valence-corrected chi connectivity index (χ4v) is 2.55. The number of hydrogen-bond acceptors (Lipinski definition) is 4. The number of benzene rings is 2. The predicted molar refractivity (Wildman–Crippen MR) is 78.5 cm³/mol. The molecule has 0 atom stereocenters. The van der Waals surface area contributed by atoms with Crippen molar-refractivity contribution in [3.63, 3.8) is 0 Å². The second-order valence-electron chi connectivity index (χ2n) is 3.89. The Morgan fingerprint density at radius 1 is 1.21 bits per heavy atom. The van der Waals surface area contributed by atoms with Gasteiger partial charge in [-0.25, -0.2) is 0 Å². The zero-order valence-electron chi connectivity index (χ0n) is 9.88. The maximum atomic E-state index is 10.6. The van der Waals surface area contributed by atoms with Crippen molar-refractivity contribution in [2.75, 3.05) is 5.73 Å². The Labute approximate surface area is 119 Å². The number of thioether (sulfide) groups is 1. The minimum absolute atomic E-state index is 0.00772. The molecule has 98 valence electrons. The average molecular weight is 295 g/mol. The van der Waals surface area contributed by atoms with Crippen LogP contribution in [0.15, 0.2) is 47.4 Å². The van der Waals surface area contributed by atoms with Crippen LogP contribution >= 0.6 is 23.4 Å². The van der Waals surface area contributed by atoms with Crippen LogP contribution in [0.1, 0.15) is 5.56 Å². The van der Waals surface area contributed by atoms with Gasteiger partial charge in [-0.2, -0.15) is 0 Å². The molecule has 4 nitrogen and oxygen atoms in total. The summed E-state index contributed by atoms with van der Waals surface area (Å²) in [6.07, 6.45) is 0. The van der Waals surface area contributed by atoms with E-state index in [0.29, 0.717) is 10.7 Å². The first-order chi connectivity index (χ1) is 9.06. The molecular formula is C13H11ClN2O2S. The van der Waals surface area contributed by atoms with Crippen LogP contribution in [0.25, 0.3) is 0 Å². The molecule has 0 aliphatic heterocycles. The number of nitro groups is 1. The van der Waals surface area contributed by atoms with Crippen LogP contribution in [0.5, 0.6) is 0 Å². The second kappa shape index (κ2) is 5.95. The Bertz CT molecular complexity index is 602. The van der Waals surface area contributed by atoms with Gasteiger partial charge in [0.15, 0.2) is 0 Å². The van der Waals surface area contributed by atoms with Gasteiger partial charge in [0.1, 0.15) is 0 Å². The molecule has 0 radical (unpaired) electrons. The highest BCUT2D eigenvalue weighted by molar-refractivity contribution is 7.98. The van der Waals surface area contributed by atoms with Gasteiger partial charge in [-0.05, 0) is 23.8 Å². The monoisotopic (exact) mass is 294 g/mol. The maximum Gasteiger partial charge on any atom is 0.271 e. The number of nitro benzene ring substituents is 1. The first-order valence-corrected chi connectivity index (χ1v) is 6.84. The lowest BCUT2D eigenvalue weighted by Crippen LogP contribution is -1.93. The SMILES string of the molecule is Nc1cc([N+](=O)[O-])ccc1SCc1ccc(Cl)cc1. The molecule has 0 heterocycles. The Balaban J connectivity index is 2.07. The van der Waals surface area contributed by atoms with Crippen molar-refractivity contribution in [3.05, 3.63) is 63.2 Å². The first kappa shape index (κ1) is 13.7. The maximum absolute atomic E-state index is 10.6. The summed E-state index contributed by atoms with van der Waals surface area (Å²) >= 11 is 7.35. The number of hydrogen-bond donors (Lipinski definition) is 1. The van der Waals surface area contributed by atoms with Crippen molar-refractivity contribution in [1.29, 1.82) is 0 Å². The van der Waals surface area contributed by atoms with Crippen LogP contribution < -0.4 is 5.73 Å². The minimum atomic E-state index is -0.454. The van der Waals surface area contributed by atoms with Crippen molar-refractivity contribution >= 4 is 34.7 Å². The molecule has 19 heavy (non-hydrogen) atoms. The van der Waals surface area contributed by atoms with Gasteiger partial charge in [0.2, 0.25) is 0 Å². The molecule has 2 aromatic carbocycles. The molecule has 0 fully saturated rings. The van der Waals surface area contributed by atoms with E-state index >= 15 is 0 Å². The molecule has 2 aromatic rings. The van der Waals surface area contributed by atoms with Gasteiger partial charge in [0, 0.05) is 27.8 Å². The molecular weight excluding hydrogens is 284 g/mol. The highest BCUT2D eigenvalue weighted by Crippen LogP contribution is 2.31. The van der Waals surface area contributed by atoms with Crippen molar-refractivity contribution in [3.8, 4) is 0 Å². The van der Waals surface area contributed by atoms with Crippen molar-refractivity contribution in [2.45, 2.75) is 10.6 Å². The summed E-state index contributed by atoms with van der Waals surface area (Å²) in [6.45, 7) is 0. The highest BCUT2D eigenvalue weighted by Gasteiger charge is 2.09. The molecule has 0 unspecified atom stereocenters. The van der Waals surface area contributed by atoms with Crippen LogP contribution in [-0.2, 0) is 5.75 Å². The number of nitrogens with zero attached hydrogens (tertiary/aromatic N) is 1. The van der Waals surface area contributed by atoms with Gasteiger partial charge >= 0.3 is 0 Å². The zero-order chi connectivity index (χ0) is 13.8. The average Bonchev–Trinajstić information content (AvgIpc) is 2.39. The molecule has 0 aliphatic rings. The number of anilines is 1. The van der Waals surface area contributed by atoms with Gasteiger partial charge in [0.25, 0.3) is 5.69 Å². The van der Waals surface area contributed by atoms with Gasteiger partial charge in [-0.1, -0.05) is 23.7 Å². The number of non-ortho nitro benzene ring substituents is 1. The Kier molecular flexibility index (Phi) is 4.29. The number of rotatable bonds is 4. The quantitative estimate of drug-likeness (QED) is 0.398. The van der Waals surface area contributed by atoms with Crippen LogP contribution in [0.3, 0.4) is 0 Å². The normalized spacial score (nSPS) is 10.4.